The molecule has 1 atom stereocenters. The predicted molar refractivity (Wildman–Crippen MR) is 70.3 cm³/mol. The van der Waals surface area contributed by atoms with Crippen molar-refractivity contribution in [2.45, 2.75) is 11.8 Å². The van der Waals surface area contributed by atoms with E-state index in [2.05, 4.69) is 20.0 Å². The molecule has 0 amide bonds. The number of rotatable bonds is 7. The first kappa shape index (κ1) is 15.0. The highest BCUT2D eigenvalue weighted by atomic mass is 32.2. The number of hydrogen-bond acceptors (Lipinski definition) is 6. The zero-order chi connectivity index (χ0) is 13.6. The van der Waals surface area contributed by atoms with E-state index in [4.69, 9.17) is 0 Å². The summed E-state index contributed by atoms with van der Waals surface area (Å²) in [5.41, 5.74) is 0. The maximum atomic E-state index is 11.8. The lowest BCUT2D eigenvalue weighted by Crippen LogP contribution is -2.28. The third kappa shape index (κ3) is 4.67. The quantitative estimate of drug-likeness (QED) is 0.707. The van der Waals surface area contributed by atoms with Crippen LogP contribution in [0.15, 0.2) is 17.3 Å². The number of hydrogen-bond donors (Lipinski definition) is 2. The lowest BCUT2D eigenvalue weighted by molar-refractivity contribution is 0.583. The molecule has 0 aliphatic carbocycles. The van der Waals surface area contributed by atoms with E-state index < -0.39 is 20.8 Å². The van der Waals surface area contributed by atoms with E-state index in [1.165, 1.54) is 18.6 Å². The highest BCUT2D eigenvalue weighted by molar-refractivity contribution is 7.89. The van der Waals surface area contributed by atoms with Crippen molar-refractivity contribution in [2.24, 2.45) is 0 Å². The van der Waals surface area contributed by atoms with Gasteiger partial charge in [-0.3, -0.25) is 4.21 Å². The highest BCUT2D eigenvalue weighted by Crippen LogP contribution is 2.06. The monoisotopic (exact) mass is 292 g/mol. The van der Waals surface area contributed by atoms with Crippen LogP contribution in [0.5, 0.6) is 0 Å². The summed E-state index contributed by atoms with van der Waals surface area (Å²) in [4.78, 5) is 7.74. The van der Waals surface area contributed by atoms with Gasteiger partial charge in [0.05, 0.1) is 12.4 Å². The van der Waals surface area contributed by atoms with Crippen molar-refractivity contribution in [3.8, 4) is 0 Å². The van der Waals surface area contributed by atoms with E-state index in [1.54, 1.807) is 0 Å². The smallest absolute Gasteiger partial charge is 0.243 e. The van der Waals surface area contributed by atoms with Crippen LogP contribution < -0.4 is 10.0 Å². The van der Waals surface area contributed by atoms with Gasteiger partial charge in [-0.05, 0) is 6.92 Å². The number of sulfonamides is 1. The predicted octanol–water partition coefficient (Wildman–Crippen LogP) is -0.435. The van der Waals surface area contributed by atoms with Crippen LogP contribution in [0.1, 0.15) is 6.92 Å². The Labute approximate surface area is 109 Å². The molecule has 1 unspecified atom stereocenters. The molecule has 0 fully saturated rings. The molecule has 1 aromatic rings. The van der Waals surface area contributed by atoms with Gasteiger partial charge in [0.1, 0.15) is 4.90 Å². The molecular weight excluding hydrogens is 276 g/mol. The van der Waals surface area contributed by atoms with Gasteiger partial charge in [0.25, 0.3) is 0 Å². The lowest BCUT2D eigenvalue weighted by Gasteiger charge is -2.06. The molecule has 1 heterocycles. The summed E-state index contributed by atoms with van der Waals surface area (Å²) >= 11 is 0. The van der Waals surface area contributed by atoms with Gasteiger partial charge < -0.3 is 5.32 Å². The summed E-state index contributed by atoms with van der Waals surface area (Å²) < 4.78 is 36.7. The summed E-state index contributed by atoms with van der Waals surface area (Å²) in [6, 6.07) is 0. The fourth-order valence-electron chi connectivity index (χ4n) is 1.11. The van der Waals surface area contributed by atoms with Gasteiger partial charge in [-0.2, -0.15) is 0 Å². The SMILES string of the molecule is CCNc1ncc(S(=O)(=O)NCCS(C)=O)cn1. The molecule has 7 nitrogen and oxygen atoms in total. The molecule has 0 radical (unpaired) electrons. The first-order chi connectivity index (χ1) is 8.45. The van der Waals surface area contributed by atoms with Crippen LogP contribution in [-0.2, 0) is 20.8 Å². The number of nitrogens with one attached hydrogen (secondary N) is 2. The Morgan fingerprint density at radius 1 is 1.33 bits per heavy atom. The normalized spacial score (nSPS) is 13.2. The summed E-state index contributed by atoms with van der Waals surface area (Å²) in [5, 5.41) is 2.87. The second-order valence-electron chi connectivity index (χ2n) is 3.45. The topological polar surface area (TPSA) is 101 Å². The van der Waals surface area contributed by atoms with Gasteiger partial charge in [-0.25, -0.2) is 23.1 Å². The van der Waals surface area contributed by atoms with Gasteiger partial charge in [0.2, 0.25) is 16.0 Å². The van der Waals surface area contributed by atoms with Crippen LogP contribution >= 0.6 is 0 Å². The van der Waals surface area contributed by atoms with E-state index in [-0.39, 0.29) is 17.2 Å². The molecule has 0 saturated carbocycles. The number of anilines is 1. The zero-order valence-electron chi connectivity index (χ0n) is 10.2. The minimum absolute atomic E-state index is 0.00830. The summed E-state index contributed by atoms with van der Waals surface area (Å²) in [7, 11) is -4.66. The first-order valence-electron chi connectivity index (χ1n) is 5.31. The Bertz CT molecular complexity index is 501. The average Bonchev–Trinajstić information content (AvgIpc) is 2.29. The Kier molecular flexibility index (Phi) is 5.63. The number of nitrogens with zero attached hydrogens (tertiary/aromatic N) is 2. The van der Waals surface area contributed by atoms with Crippen molar-refractivity contribution in [3.63, 3.8) is 0 Å². The second-order valence-corrected chi connectivity index (χ2v) is 6.77. The number of aromatic nitrogens is 2. The third-order valence-corrected chi connectivity index (χ3v) is 4.15. The van der Waals surface area contributed by atoms with Gasteiger partial charge >= 0.3 is 0 Å². The van der Waals surface area contributed by atoms with Gasteiger partial charge in [-0.15, -0.1) is 0 Å². The molecule has 9 heteroatoms. The van der Waals surface area contributed by atoms with Gasteiger partial charge in [0, 0.05) is 35.9 Å². The van der Waals surface area contributed by atoms with Crippen molar-refractivity contribution in [3.05, 3.63) is 12.4 Å². The maximum absolute atomic E-state index is 11.8. The molecule has 0 spiro atoms. The van der Waals surface area contributed by atoms with Crippen LogP contribution in [-0.4, -0.2) is 47.7 Å². The van der Waals surface area contributed by atoms with Crippen molar-refractivity contribution in [1.82, 2.24) is 14.7 Å². The molecular formula is C9H16N4O3S2. The average molecular weight is 292 g/mol. The van der Waals surface area contributed by atoms with E-state index in [0.717, 1.165) is 0 Å². The molecule has 0 aliphatic rings. The first-order valence-corrected chi connectivity index (χ1v) is 8.52. The van der Waals surface area contributed by atoms with Crippen LogP contribution in [0.3, 0.4) is 0 Å². The summed E-state index contributed by atoms with van der Waals surface area (Å²) in [6.45, 7) is 2.67. The zero-order valence-corrected chi connectivity index (χ0v) is 11.8. The molecule has 1 aromatic heterocycles. The van der Waals surface area contributed by atoms with E-state index in [9.17, 15) is 12.6 Å². The van der Waals surface area contributed by atoms with Crippen molar-refractivity contribution >= 4 is 26.8 Å². The van der Waals surface area contributed by atoms with Gasteiger partial charge in [0.15, 0.2) is 0 Å². The largest absolute Gasteiger partial charge is 0.355 e. The molecule has 1 rings (SSSR count). The molecule has 0 bridgehead atoms. The van der Waals surface area contributed by atoms with Crippen molar-refractivity contribution in [2.75, 3.05) is 30.4 Å². The molecule has 2 N–H and O–H groups in total. The van der Waals surface area contributed by atoms with Gasteiger partial charge in [-0.1, -0.05) is 0 Å². The molecule has 0 aromatic carbocycles. The third-order valence-electron chi connectivity index (χ3n) is 1.95. The molecule has 0 saturated heterocycles. The standard InChI is InChI=1S/C9H16N4O3S2/c1-3-10-9-11-6-8(7-12-9)18(15,16)13-4-5-17(2)14/h6-7,13H,3-5H2,1-2H3,(H,10,11,12). The Morgan fingerprint density at radius 2 is 1.94 bits per heavy atom. The molecule has 102 valence electrons. The van der Waals surface area contributed by atoms with E-state index >= 15 is 0 Å². The summed E-state index contributed by atoms with van der Waals surface area (Å²) in [6.07, 6.45) is 3.98. The van der Waals surface area contributed by atoms with Crippen LogP contribution in [0.4, 0.5) is 5.95 Å². The minimum atomic E-state index is -3.62. The second kappa shape index (κ2) is 6.76. The maximum Gasteiger partial charge on any atom is 0.243 e. The van der Waals surface area contributed by atoms with E-state index in [1.807, 2.05) is 6.92 Å². The lowest BCUT2D eigenvalue weighted by atomic mass is 10.6. The van der Waals surface area contributed by atoms with E-state index in [0.29, 0.717) is 12.5 Å². The minimum Gasteiger partial charge on any atom is -0.355 e. The Morgan fingerprint density at radius 3 is 2.44 bits per heavy atom. The molecule has 18 heavy (non-hydrogen) atoms. The van der Waals surface area contributed by atoms with Crippen LogP contribution in [0.2, 0.25) is 0 Å². The van der Waals surface area contributed by atoms with Crippen LogP contribution in [0, 0.1) is 0 Å². The fourth-order valence-corrected chi connectivity index (χ4v) is 2.55. The van der Waals surface area contributed by atoms with Crippen LogP contribution in [0.25, 0.3) is 0 Å². The summed E-state index contributed by atoms with van der Waals surface area (Å²) in [5.74, 6) is 0.654. The Balaban J connectivity index is 2.69. The molecule has 0 aliphatic heterocycles. The van der Waals surface area contributed by atoms with Crippen molar-refractivity contribution < 1.29 is 12.6 Å². The Hall–Kier alpha value is -1.06. The van der Waals surface area contributed by atoms with Crippen molar-refractivity contribution in [1.29, 1.82) is 0 Å². The highest BCUT2D eigenvalue weighted by Gasteiger charge is 2.14. The fraction of sp³-hybridized carbons (Fsp3) is 0.556.